The van der Waals surface area contributed by atoms with Crippen molar-refractivity contribution in [1.82, 2.24) is 9.97 Å². The summed E-state index contributed by atoms with van der Waals surface area (Å²) in [7, 11) is 0. The number of hydrogen-bond acceptors (Lipinski definition) is 3. The lowest BCUT2D eigenvalue weighted by molar-refractivity contribution is 0.628. The minimum atomic E-state index is -0.251. The van der Waals surface area contributed by atoms with Crippen LogP contribution in [0.4, 0.5) is 4.39 Å². The highest BCUT2D eigenvalue weighted by Gasteiger charge is 2.10. The third-order valence-corrected chi connectivity index (χ3v) is 4.40. The highest BCUT2D eigenvalue weighted by atomic mass is 32.1. The molecule has 0 N–H and O–H groups in total. The number of halogens is 1. The van der Waals surface area contributed by atoms with Gasteiger partial charge >= 0.3 is 0 Å². The molecule has 22 heavy (non-hydrogen) atoms. The predicted molar refractivity (Wildman–Crippen MR) is 88.2 cm³/mol. The first kappa shape index (κ1) is 13.1. The van der Waals surface area contributed by atoms with E-state index in [1.165, 1.54) is 12.1 Å². The Morgan fingerprint density at radius 1 is 0.955 bits per heavy atom. The molecule has 4 aromatic rings. The molecule has 4 heteroatoms. The molecule has 2 aromatic heterocycles. The summed E-state index contributed by atoms with van der Waals surface area (Å²) < 4.78 is 13.4. The van der Waals surface area contributed by atoms with Crippen LogP contribution < -0.4 is 0 Å². The largest absolute Gasteiger partial charge is 0.263 e. The molecule has 0 saturated heterocycles. The van der Waals surface area contributed by atoms with Crippen LogP contribution in [0.3, 0.4) is 0 Å². The molecule has 0 aliphatic heterocycles. The lowest BCUT2D eigenvalue weighted by Gasteiger charge is -2.02. The summed E-state index contributed by atoms with van der Waals surface area (Å²) >= 11 is 1.54. The van der Waals surface area contributed by atoms with Crippen LogP contribution in [0.5, 0.6) is 0 Å². The Balaban J connectivity index is 1.84. The van der Waals surface area contributed by atoms with E-state index in [4.69, 9.17) is 0 Å². The van der Waals surface area contributed by atoms with Crippen LogP contribution in [0.25, 0.3) is 32.6 Å². The smallest absolute Gasteiger partial charge is 0.126 e. The fourth-order valence-corrected chi connectivity index (χ4v) is 3.32. The van der Waals surface area contributed by atoms with Gasteiger partial charge in [0.05, 0.1) is 5.69 Å². The van der Waals surface area contributed by atoms with E-state index < -0.39 is 0 Å². The van der Waals surface area contributed by atoms with Crippen LogP contribution in [0.2, 0.25) is 0 Å². The molecule has 106 valence electrons. The van der Waals surface area contributed by atoms with E-state index in [1.807, 2.05) is 42.0 Å². The van der Waals surface area contributed by atoms with Gasteiger partial charge in [-0.15, -0.1) is 11.3 Å². The van der Waals surface area contributed by atoms with Crippen LogP contribution in [-0.4, -0.2) is 9.97 Å². The molecule has 4 rings (SSSR count). The molecule has 0 radical (unpaired) electrons. The predicted octanol–water partition coefficient (Wildman–Crippen LogP) is 5.16. The summed E-state index contributed by atoms with van der Waals surface area (Å²) in [5, 5.41) is 5.05. The molecule has 0 amide bonds. The molecule has 0 saturated carbocycles. The number of aromatic nitrogens is 2. The molecule has 0 aliphatic rings. The van der Waals surface area contributed by atoms with E-state index in [1.54, 1.807) is 17.4 Å². The molecule has 0 bridgehead atoms. The van der Waals surface area contributed by atoms with E-state index in [-0.39, 0.29) is 5.82 Å². The SMILES string of the molecule is Fc1cccc(-c2csc(-c3cncc4ccccc34)n2)c1. The van der Waals surface area contributed by atoms with Crippen molar-refractivity contribution in [1.29, 1.82) is 0 Å². The van der Waals surface area contributed by atoms with Crippen molar-refractivity contribution >= 4 is 22.1 Å². The number of nitrogens with zero attached hydrogens (tertiary/aromatic N) is 2. The van der Waals surface area contributed by atoms with Gasteiger partial charge in [-0.1, -0.05) is 36.4 Å². The summed E-state index contributed by atoms with van der Waals surface area (Å²) in [6.07, 6.45) is 3.68. The Morgan fingerprint density at radius 2 is 1.86 bits per heavy atom. The van der Waals surface area contributed by atoms with Gasteiger partial charge in [0.1, 0.15) is 10.8 Å². The highest BCUT2D eigenvalue weighted by Crippen LogP contribution is 2.32. The fraction of sp³-hybridized carbons (Fsp3) is 0. The average Bonchev–Trinajstić information content (AvgIpc) is 3.04. The molecular formula is C18H11FN2S. The van der Waals surface area contributed by atoms with Gasteiger partial charge in [0.2, 0.25) is 0 Å². The quantitative estimate of drug-likeness (QED) is 0.511. The first-order valence-electron chi connectivity index (χ1n) is 6.86. The lowest BCUT2D eigenvalue weighted by Crippen LogP contribution is -1.84. The van der Waals surface area contributed by atoms with Gasteiger partial charge in [-0.25, -0.2) is 9.37 Å². The van der Waals surface area contributed by atoms with Crippen molar-refractivity contribution in [2.24, 2.45) is 0 Å². The van der Waals surface area contributed by atoms with E-state index in [0.29, 0.717) is 0 Å². The molecule has 0 unspecified atom stereocenters. The molecular weight excluding hydrogens is 295 g/mol. The van der Waals surface area contributed by atoms with E-state index in [2.05, 4.69) is 16.0 Å². The van der Waals surface area contributed by atoms with Gasteiger partial charge in [-0.2, -0.15) is 0 Å². The number of fused-ring (bicyclic) bond motifs is 1. The zero-order chi connectivity index (χ0) is 14.9. The monoisotopic (exact) mass is 306 g/mol. The average molecular weight is 306 g/mol. The first-order chi connectivity index (χ1) is 10.8. The van der Waals surface area contributed by atoms with Crippen LogP contribution in [0, 0.1) is 5.82 Å². The van der Waals surface area contributed by atoms with Crippen LogP contribution in [-0.2, 0) is 0 Å². The fourth-order valence-electron chi connectivity index (χ4n) is 2.46. The maximum Gasteiger partial charge on any atom is 0.126 e. The second kappa shape index (κ2) is 5.31. The number of rotatable bonds is 2. The number of thiazole rings is 1. The standard InChI is InChI=1S/C18H11FN2S/c19-14-6-3-5-12(8-14)17-11-22-18(21-17)16-10-20-9-13-4-1-2-7-15(13)16/h1-11H. The number of benzene rings is 2. The van der Waals surface area contributed by atoms with Crippen LogP contribution in [0.1, 0.15) is 0 Å². The number of hydrogen-bond donors (Lipinski definition) is 0. The van der Waals surface area contributed by atoms with Gasteiger partial charge < -0.3 is 0 Å². The number of pyridine rings is 1. The Hall–Kier alpha value is -2.59. The van der Waals surface area contributed by atoms with E-state index in [9.17, 15) is 4.39 Å². The summed E-state index contributed by atoms with van der Waals surface area (Å²) in [5.41, 5.74) is 2.58. The Bertz CT molecular complexity index is 957. The maximum atomic E-state index is 13.4. The summed E-state index contributed by atoms with van der Waals surface area (Å²) in [4.78, 5) is 8.95. The van der Waals surface area contributed by atoms with Gasteiger partial charge in [0.15, 0.2) is 0 Å². The topological polar surface area (TPSA) is 25.8 Å². The highest BCUT2D eigenvalue weighted by molar-refractivity contribution is 7.13. The molecule has 0 aliphatic carbocycles. The zero-order valence-corrected chi connectivity index (χ0v) is 12.3. The lowest BCUT2D eigenvalue weighted by atomic mass is 10.1. The third-order valence-electron chi connectivity index (χ3n) is 3.52. The van der Waals surface area contributed by atoms with Gasteiger partial charge in [0, 0.05) is 34.3 Å². The van der Waals surface area contributed by atoms with E-state index in [0.717, 1.165) is 32.6 Å². The third kappa shape index (κ3) is 2.27. The second-order valence-corrected chi connectivity index (χ2v) is 5.81. The molecule has 0 spiro atoms. The summed E-state index contributed by atoms with van der Waals surface area (Å²) in [5.74, 6) is -0.251. The molecule has 0 atom stereocenters. The van der Waals surface area contributed by atoms with Crippen molar-refractivity contribution in [3.05, 3.63) is 72.1 Å². The molecule has 2 aromatic carbocycles. The van der Waals surface area contributed by atoms with Crippen molar-refractivity contribution in [3.8, 4) is 21.8 Å². The molecule has 2 heterocycles. The van der Waals surface area contributed by atoms with Gasteiger partial charge in [0.25, 0.3) is 0 Å². The second-order valence-electron chi connectivity index (χ2n) is 4.96. The van der Waals surface area contributed by atoms with Gasteiger partial charge in [-0.3, -0.25) is 4.98 Å². The maximum absolute atomic E-state index is 13.4. The van der Waals surface area contributed by atoms with Crippen molar-refractivity contribution < 1.29 is 4.39 Å². The summed E-state index contributed by atoms with van der Waals surface area (Å²) in [6.45, 7) is 0. The van der Waals surface area contributed by atoms with Crippen LogP contribution in [0.15, 0.2) is 66.3 Å². The van der Waals surface area contributed by atoms with E-state index >= 15 is 0 Å². The summed E-state index contributed by atoms with van der Waals surface area (Å²) in [6, 6.07) is 14.6. The first-order valence-corrected chi connectivity index (χ1v) is 7.74. The Labute approximate surface area is 130 Å². The molecule has 2 nitrogen and oxygen atoms in total. The normalized spacial score (nSPS) is 11.0. The Morgan fingerprint density at radius 3 is 2.77 bits per heavy atom. The van der Waals surface area contributed by atoms with Crippen molar-refractivity contribution in [3.63, 3.8) is 0 Å². The molecule has 0 fully saturated rings. The zero-order valence-electron chi connectivity index (χ0n) is 11.5. The minimum absolute atomic E-state index is 0.251. The van der Waals surface area contributed by atoms with Gasteiger partial charge in [-0.05, 0) is 17.5 Å². The van der Waals surface area contributed by atoms with Crippen molar-refractivity contribution in [2.45, 2.75) is 0 Å². The van der Waals surface area contributed by atoms with Crippen LogP contribution >= 0.6 is 11.3 Å². The Kier molecular flexibility index (Phi) is 3.16. The van der Waals surface area contributed by atoms with Crippen molar-refractivity contribution in [2.75, 3.05) is 0 Å². The minimum Gasteiger partial charge on any atom is -0.263 e.